The minimum absolute atomic E-state index is 0.0363. The minimum Gasteiger partial charge on any atom is -0.388 e. The SMILES string of the molecule is CC1CCC(O)(CNC(=O)CNC(C)C)CC1. The quantitative estimate of drug-likeness (QED) is 0.675. The van der Waals surface area contributed by atoms with Crippen LogP contribution in [0.1, 0.15) is 46.5 Å². The largest absolute Gasteiger partial charge is 0.388 e. The van der Waals surface area contributed by atoms with Crippen LogP contribution < -0.4 is 10.6 Å². The van der Waals surface area contributed by atoms with E-state index in [-0.39, 0.29) is 5.91 Å². The molecule has 0 saturated heterocycles. The van der Waals surface area contributed by atoms with Crippen molar-refractivity contribution in [2.45, 2.75) is 58.1 Å². The molecule has 0 aromatic rings. The topological polar surface area (TPSA) is 61.4 Å². The highest BCUT2D eigenvalue weighted by atomic mass is 16.3. The Bertz CT molecular complexity index is 246. The smallest absolute Gasteiger partial charge is 0.234 e. The Morgan fingerprint density at radius 2 is 2.00 bits per heavy atom. The van der Waals surface area contributed by atoms with E-state index in [0.29, 0.717) is 25.0 Å². The first-order valence-corrected chi connectivity index (χ1v) is 6.64. The number of hydrogen-bond acceptors (Lipinski definition) is 3. The third-order valence-corrected chi connectivity index (χ3v) is 3.49. The number of carbonyl (C=O) groups excluding carboxylic acids is 1. The predicted molar refractivity (Wildman–Crippen MR) is 68.7 cm³/mol. The first-order chi connectivity index (χ1) is 7.91. The minimum atomic E-state index is -0.681. The van der Waals surface area contributed by atoms with Gasteiger partial charge in [0.25, 0.3) is 0 Å². The highest BCUT2D eigenvalue weighted by Crippen LogP contribution is 2.31. The molecule has 0 aromatic heterocycles. The van der Waals surface area contributed by atoms with Crippen molar-refractivity contribution in [2.75, 3.05) is 13.1 Å². The summed E-state index contributed by atoms with van der Waals surface area (Å²) in [5, 5.41) is 16.2. The number of carbonyl (C=O) groups is 1. The maximum atomic E-state index is 11.5. The van der Waals surface area contributed by atoms with E-state index in [1.54, 1.807) is 0 Å². The maximum absolute atomic E-state index is 11.5. The van der Waals surface area contributed by atoms with Crippen LogP contribution in [-0.4, -0.2) is 35.7 Å². The van der Waals surface area contributed by atoms with Gasteiger partial charge in [0, 0.05) is 12.6 Å². The van der Waals surface area contributed by atoms with Gasteiger partial charge >= 0.3 is 0 Å². The molecular weight excluding hydrogens is 216 g/mol. The van der Waals surface area contributed by atoms with E-state index in [1.807, 2.05) is 13.8 Å². The maximum Gasteiger partial charge on any atom is 0.234 e. The van der Waals surface area contributed by atoms with Crippen LogP contribution in [0.3, 0.4) is 0 Å². The van der Waals surface area contributed by atoms with Gasteiger partial charge in [0.05, 0.1) is 12.1 Å². The van der Waals surface area contributed by atoms with E-state index in [0.717, 1.165) is 25.7 Å². The second-order valence-corrected chi connectivity index (χ2v) is 5.72. The van der Waals surface area contributed by atoms with Crippen molar-refractivity contribution in [3.8, 4) is 0 Å². The molecule has 1 fully saturated rings. The van der Waals surface area contributed by atoms with Crippen LogP contribution in [0, 0.1) is 5.92 Å². The number of aliphatic hydroxyl groups is 1. The van der Waals surface area contributed by atoms with Gasteiger partial charge < -0.3 is 15.7 Å². The lowest BCUT2D eigenvalue weighted by Gasteiger charge is -2.35. The summed E-state index contributed by atoms with van der Waals surface area (Å²) in [6.45, 7) is 6.93. The van der Waals surface area contributed by atoms with Gasteiger partial charge in [0.2, 0.25) is 5.91 Å². The molecule has 17 heavy (non-hydrogen) atoms. The fourth-order valence-corrected chi connectivity index (χ4v) is 2.10. The average molecular weight is 242 g/mol. The number of rotatable bonds is 5. The molecule has 1 aliphatic carbocycles. The van der Waals surface area contributed by atoms with E-state index in [1.165, 1.54) is 0 Å². The molecule has 0 aromatic carbocycles. The lowest BCUT2D eigenvalue weighted by atomic mass is 9.79. The molecule has 1 aliphatic rings. The van der Waals surface area contributed by atoms with Gasteiger partial charge in [-0.15, -0.1) is 0 Å². The Morgan fingerprint density at radius 1 is 1.41 bits per heavy atom. The van der Waals surface area contributed by atoms with Gasteiger partial charge in [-0.1, -0.05) is 20.8 Å². The summed E-state index contributed by atoms with van der Waals surface area (Å²) in [4.78, 5) is 11.5. The van der Waals surface area contributed by atoms with E-state index in [9.17, 15) is 9.90 Å². The van der Waals surface area contributed by atoms with E-state index in [4.69, 9.17) is 0 Å². The fraction of sp³-hybridized carbons (Fsp3) is 0.923. The third kappa shape index (κ3) is 5.50. The van der Waals surface area contributed by atoms with E-state index < -0.39 is 5.60 Å². The summed E-state index contributed by atoms with van der Waals surface area (Å²) in [6, 6.07) is 0.305. The van der Waals surface area contributed by atoms with Crippen LogP contribution in [0.25, 0.3) is 0 Å². The normalized spacial score (nSPS) is 29.4. The summed E-state index contributed by atoms with van der Waals surface area (Å²) < 4.78 is 0. The molecule has 0 atom stereocenters. The molecule has 1 amide bonds. The molecule has 1 rings (SSSR count). The van der Waals surface area contributed by atoms with Gasteiger partial charge in [0.1, 0.15) is 0 Å². The highest BCUT2D eigenvalue weighted by molar-refractivity contribution is 5.78. The molecule has 4 nitrogen and oxygen atoms in total. The van der Waals surface area contributed by atoms with Crippen molar-refractivity contribution in [3.05, 3.63) is 0 Å². The molecule has 0 heterocycles. The zero-order valence-electron chi connectivity index (χ0n) is 11.3. The van der Waals surface area contributed by atoms with Crippen molar-refractivity contribution in [3.63, 3.8) is 0 Å². The highest BCUT2D eigenvalue weighted by Gasteiger charge is 2.31. The van der Waals surface area contributed by atoms with Crippen LogP contribution in [0.4, 0.5) is 0 Å². The van der Waals surface area contributed by atoms with Crippen molar-refractivity contribution in [1.29, 1.82) is 0 Å². The lowest BCUT2D eigenvalue weighted by molar-refractivity contribution is -0.122. The summed E-state index contributed by atoms with van der Waals surface area (Å²) >= 11 is 0. The summed E-state index contributed by atoms with van der Waals surface area (Å²) in [5.74, 6) is 0.666. The average Bonchev–Trinajstić information content (AvgIpc) is 2.28. The molecule has 0 aliphatic heterocycles. The van der Waals surface area contributed by atoms with Gasteiger partial charge in [0.15, 0.2) is 0 Å². The molecule has 0 bridgehead atoms. The van der Waals surface area contributed by atoms with Crippen LogP contribution in [0.2, 0.25) is 0 Å². The van der Waals surface area contributed by atoms with Crippen LogP contribution in [-0.2, 0) is 4.79 Å². The molecule has 0 radical (unpaired) electrons. The first-order valence-electron chi connectivity index (χ1n) is 6.64. The molecule has 0 spiro atoms. The van der Waals surface area contributed by atoms with Crippen molar-refractivity contribution in [2.24, 2.45) is 5.92 Å². The Morgan fingerprint density at radius 3 is 2.53 bits per heavy atom. The predicted octanol–water partition coefficient (Wildman–Crippen LogP) is 1.04. The Balaban J connectivity index is 2.23. The second-order valence-electron chi connectivity index (χ2n) is 5.72. The first kappa shape index (κ1) is 14.5. The van der Waals surface area contributed by atoms with Crippen molar-refractivity contribution in [1.82, 2.24) is 10.6 Å². The molecule has 4 heteroatoms. The monoisotopic (exact) mass is 242 g/mol. The number of nitrogens with one attached hydrogen (secondary N) is 2. The molecule has 3 N–H and O–H groups in total. The molecule has 1 saturated carbocycles. The lowest BCUT2D eigenvalue weighted by Crippen LogP contribution is -2.47. The molecule has 100 valence electrons. The van der Waals surface area contributed by atoms with Crippen molar-refractivity contribution >= 4 is 5.91 Å². The molecule has 0 unspecified atom stereocenters. The zero-order valence-corrected chi connectivity index (χ0v) is 11.3. The third-order valence-electron chi connectivity index (χ3n) is 3.49. The molecular formula is C13H26N2O2. The van der Waals surface area contributed by atoms with Gasteiger partial charge in [-0.25, -0.2) is 0 Å². The zero-order chi connectivity index (χ0) is 12.9. The van der Waals surface area contributed by atoms with Crippen LogP contribution in [0.5, 0.6) is 0 Å². The van der Waals surface area contributed by atoms with Crippen molar-refractivity contribution < 1.29 is 9.90 Å². The number of amides is 1. The van der Waals surface area contributed by atoms with Crippen LogP contribution >= 0.6 is 0 Å². The Labute approximate surface area is 104 Å². The van der Waals surface area contributed by atoms with E-state index in [2.05, 4.69) is 17.6 Å². The van der Waals surface area contributed by atoms with Gasteiger partial charge in [-0.3, -0.25) is 4.79 Å². The standard InChI is InChI=1S/C13H26N2O2/c1-10(2)14-8-12(16)15-9-13(17)6-4-11(3)5-7-13/h10-11,14,17H,4-9H2,1-3H3,(H,15,16). The summed E-state index contributed by atoms with van der Waals surface area (Å²) in [7, 11) is 0. The van der Waals surface area contributed by atoms with Gasteiger partial charge in [-0.05, 0) is 31.6 Å². The van der Waals surface area contributed by atoms with E-state index >= 15 is 0 Å². The number of hydrogen-bond donors (Lipinski definition) is 3. The van der Waals surface area contributed by atoms with Gasteiger partial charge in [-0.2, -0.15) is 0 Å². The second kappa shape index (κ2) is 6.36. The fourth-order valence-electron chi connectivity index (χ4n) is 2.10. The Hall–Kier alpha value is -0.610. The van der Waals surface area contributed by atoms with Crippen LogP contribution in [0.15, 0.2) is 0 Å². The Kier molecular flexibility index (Phi) is 5.40. The summed E-state index contributed by atoms with van der Waals surface area (Å²) in [5.41, 5.74) is -0.681. The summed E-state index contributed by atoms with van der Waals surface area (Å²) in [6.07, 6.45) is 3.70.